The summed E-state index contributed by atoms with van der Waals surface area (Å²) in [5.74, 6) is -2.35. The highest BCUT2D eigenvalue weighted by atomic mass is 16.2. The van der Waals surface area contributed by atoms with Crippen molar-refractivity contribution in [1.82, 2.24) is 46.6 Å². The second-order valence-electron chi connectivity index (χ2n) is 23.3. The van der Waals surface area contributed by atoms with Crippen molar-refractivity contribution in [2.45, 2.75) is 155 Å². The van der Waals surface area contributed by atoms with Crippen LogP contribution in [0.2, 0.25) is 0 Å². The fourth-order valence-electron chi connectivity index (χ4n) is 10.6. The van der Waals surface area contributed by atoms with E-state index in [2.05, 4.69) is 38.0 Å². The molecule has 0 spiro atoms. The highest BCUT2D eigenvalue weighted by Gasteiger charge is 2.47. The summed E-state index contributed by atoms with van der Waals surface area (Å²) >= 11 is 0. The van der Waals surface area contributed by atoms with Crippen molar-refractivity contribution in [3.8, 4) is 0 Å². The summed E-state index contributed by atoms with van der Waals surface area (Å²) < 4.78 is 0. The molecular formula is C61H81N9O7. The number of nitrogens with zero attached hydrogens (tertiary/aromatic N) is 3. The lowest BCUT2D eigenvalue weighted by molar-refractivity contribution is -0.151. The minimum absolute atomic E-state index is 0.0492. The van der Waals surface area contributed by atoms with Crippen LogP contribution in [0.15, 0.2) is 103 Å². The molecule has 2 aliphatic heterocycles. The van der Waals surface area contributed by atoms with Gasteiger partial charge in [-0.25, -0.2) is 0 Å². The maximum atomic E-state index is 15.3. The number of amides is 7. The predicted octanol–water partition coefficient (Wildman–Crippen LogP) is 5.38. The first kappa shape index (κ1) is 57.8. The van der Waals surface area contributed by atoms with E-state index in [1.807, 2.05) is 126 Å². The summed E-state index contributed by atoms with van der Waals surface area (Å²) in [6.45, 7) is 15.5. The van der Waals surface area contributed by atoms with E-state index < -0.39 is 64.9 Å². The third-order valence-electron chi connectivity index (χ3n) is 15.6. The average Bonchev–Trinajstić information content (AvgIpc) is 3.85. The van der Waals surface area contributed by atoms with Gasteiger partial charge in [-0.2, -0.15) is 0 Å². The molecule has 1 saturated heterocycles. The first-order valence-electron chi connectivity index (χ1n) is 27.3. The molecule has 412 valence electrons. The second-order valence-corrected chi connectivity index (χ2v) is 23.3. The first-order valence-corrected chi connectivity index (χ1v) is 27.3. The van der Waals surface area contributed by atoms with E-state index in [0.29, 0.717) is 24.9 Å². The standard InChI is InChI=1S/C61H81N9O7/c1-38(62-9)53(71)66-51(60(3,4)5)58(76)69-36-45-23-15-14-22-44(45)33-50(69)57(75)68(32-31-40-19-12-11-13-20-40)35-41-27-29-43(30-28-41)55(73)64-46-34-49(56(74)65-48-26-18-24-42-21-16-17-25-47(42)48)70(37-46)59(77)52(61(6,7)8)67-54(72)39(2)63-10/h11-17,19-23,25,27-30,38-39,46,48-52,62-63H,18,24,26,31-37H2,1-10H3,(H,64,73)(H,65,74)(H,66,71)(H,67,72)/t38-,39-,46-,48+,49-,50-,51+,52+/m0/s1. The van der Waals surface area contributed by atoms with Gasteiger partial charge in [0.2, 0.25) is 35.4 Å². The van der Waals surface area contributed by atoms with Crippen molar-refractivity contribution in [3.63, 3.8) is 0 Å². The molecule has 7 rings (SSSR count). The summed E-state index contributed by atoms with van der Waals surface area (Å²) in [5, 5.41) is 18.2. The number of nitrogens with one attached hydrogen (secondary N) is 6. The summed E-state index contributed by atoms with van der Waals surface area (Å²) in [5.41, 5.74) is 4.92. The molecule has 16 heteroatoms. The quantitative estimate of drug-likeness (QED) is 0.0757. The van der Waals surface area contributed by atoms with E-state index in [-0.39, 0.29) is 61.6 Å². The Hall–Kier alpha value is -6.91. The SMILES string of the molecule is CN[C@@H](C)C(=O)N[C@H](C(=O)N1C[C@@H](NC(=O)c2ccc(CN(CCc3ccccc3)C(=O)[C@@H]3Cc4ccccc4CN3C(=O)[C@@H](NC(=O)[C@H](C)NC)C(C)(C)C)cc2)C[C@H]1C(=O)N[C@@H]1CCCc2ccccc21)C(C)(C)C. The van der Waals surface area contributed by atoms with Crippen molar-refractivity contribution in [3.05, 3.63) is 142 Å². The molecule has 3 aliphatic rings. The lowest BCUT2D eigenvalue weighted by Crippen LogP contribution is -2.62. The Morgan fingerprint density at radius 1 is 0.636 bits per heavy atom. The van der Waals surface area contributed by atoms with Gasteiger partial charge in [0.25, 0.3) is 5.91 Å². The Morgan fingerprint density at radius 3 is 1.79 bits per heavy atom. The number of aryl methyl sites for hydroxylation is 1. The molecule has 6 N–H and O–H groups in total. The lowest BCUT2D eigenvalue weighted by atomic mass is 9.84. The van der Waals surface area contributed by atoms with Gasteiger partial charge in [-0.15, -0.1) is 0 Å². The van der Waals surface area contributed by atoms with E-state index in [1.165, 1.54) is 10.5 Å². The molecule has 7 amide bonds. The molecular weight excluding hydrogens is 971 g/mol. The Balaban J connectivity index is 1.12. The Morgan fingerprint density at radius 2 is 1.19 bits per heavy atom. The van der Waals surface area contributed by atoms with Crippen LogP contribution >= 0.6 is 0 Å². The number of benzene rings is 4. The van der Waals surface area contributed by atoms with E-state index >= 15 is 4.79 Å². The largest absolute Gasteiger partial charge is 0.347 e. The molecule has 8 atom stereocenters. The van der Waals surface area contributed by atoms with E-state index in [0.717, 1.165) is 47.1 Å². The van der Waals surface area contributed by atoms with Gasteiger partial charge in [0, 0.05) is 44.2 Å². The highest BCUT2D eigenvalue weighted by Crippen LogP contribution is 2.33. The van der Waals surface area contributed by atoms with Gasteiger partial charge >= 0.3 is 0 Å². The number of rotatable bonds is 18. The number of hydrogen-bond acceptors (Lipinski definition) is 9. The van der Waals surface area contributed by atoms with Gasteiger partial charge < -0.3 is 46.6 Å². The van der Waals surface area contributed by atoms with Crippen LogP contribution in [0.4, 0.5) is 0 Å². The van der Waals surface area contributed by atoms with Gasteiger partial charge in [-0.05, 0) is 116 Å². The maximum Gasteiger partial charge on any atom is 0.251 e. The zero-order chi connectivity index (χ0) is 55.8. The number of fused-ring (bicyclic) bond motifs is 2. The monoisotopic (exact) mass is 1050 g/mol. The molecule has 4 aromatic carbocycles. The van der Waals surface area contributed by atoms with Crippen LogP contribution in [0.1, 0.15) is 124 Å². The van der Waals surface area contributed by atoms with Crippen molar-refractivity contribution in [1.29, 1.82) is 0 Å². The van der Waals surface area contributed by atoms with Gasteiger partial charge in [0.1, 0.15) is 24.2 Å². The summed E-state index contributed by atoms with van der Waals surface area (Å²) in [6, 6.07) is 27.2. The van der Waals surface area contributed by atoms with Crippen LogP contribution < -0.4 is 31.9 Å². The average molecular weight is 1050 g/mol. The van der Waals surface area contributed by atoms with Crippen LogP contribution in [0.5, 0.6) is 0 Å². The fourth-order valence-corrected chi connectivity index (χ4v) is 10.6. The number of hydrogen-bond donors (Lipinski definition) is 6. The zero-order valence-corrected chi connectivity index (χ0v) is 46.7. The van der Waals surface area contributed by atoms with Gasteiger partial charge in [-0.3, -0.25) is 33.6 Å². The molecule has 0 radical (unpaired) electrons. The third-order valence-corrected chi connectivity index (χ3v) is 15.6. The Bertz CT molecular complexity index is 2750. The minimum Gasteiger partial charge on any atom is -0.347 e. The van der Waals surface area contributed by atoms with E-state index in [4.69, 9.17) is 0 Å². The second kappa shape index (κ2) is 25.0. The third kappa shape index (κ3) is 14.2. The van der Waals surface area contributed by atoms with Gasteiger partial charge in [0.15, 0.2) is 0 Å². The molecule has 0 aromatic heterocycles. The number of carbonyl (C=O) groups excluding carboxylic acids is 7. The summed E-state index contributed by atoms with van der Waals surface area (Å²) in [7, 11) is 3.36. The summed E-state index contributed by atoms with van der Waals surface area (Å²) in [4.78, 5) is 105. The molecule has 16 nitrogen and oxygen atoms in total. The number of likely N-dealkylation sites (tertiary alicyclic amines) is 1. The highest BCUT2D eigenvalue weighted by molar-refractivity contribution is 5.97. The lowest BCUT2D eigenvalue weighted by Gasteiger charge is -2.42. The smallest absolute Gasteiger partial charge is 0.251 e. The van der Waals surface area contributed by atoms with Crippen molar-refractivity contribution in [2.24, 2.45) is 10.8 Å². The van der Waals surface area contributed by atoms with Crippen LogP contribution in [-0.2, 0) is 61.1 Å². The zero-order valence-electron chi connectivity index (χ0n) is 46.7. The van der Waals surface area contributed by atoms with Crippen LogP contribution in [0, 0.1) is 10.8 Å². The van der Waals surface area contributed by atoms with Crippen LogP contribution in [0.3, 0.4) is 0 Å². The van der Waals surface area contributed by atoms with Gasteiger partial charge in [-0.1, -0.05) is 133 Å². The molecule has 0 saturated carbocycles. The Kier molecular flexibility index (Phi) is 18.8. The number of carbonyl (C=O) groups is 7. The van der Waals surface area contributed by atoms with Gasteiger partial charge in [0.05, 0.1) is 18.1 Å². The van der Waals surface area contributed by atoms with Crippen molar-refractivity contribution in [2.75, 3.05) is 27.2 Å². The first-order chi connectivity index (χ1) is 36.6. The van der Waals surface area contributed by atoms with Crippen molar-refractivity contribution < 1.29 is 33.6 Å². The molecule has 1 aliphatic carbocycles. The topological polar surface area (TPSA) is 201 Å². The number of likely N-dealkylation sites (N-methyl/N-ethyl adjacent to an activating group) is 2. The van der Waals surface area contributed by atoms with E-state index in [9.17, 15) is 28.8 Å². The minimum atomic E-state index is -0.963. The maximum absolute atomic E-state index is 15.3. The van der Waals surface area contributed by atoms with Crippen molar-refractivity contribution >= 4 is 41.4 Å². The summed E-state index contributed by atoms with van der Waals surface area (Å²) in [6.07, 6.45) is 3.59. The predicted molar refractivity (Wildman–Crippen MR) is 298 cm³/mol. The molecule has 0 bridgehead atoms. The fraction of sp³-hybridized carbons (Fsp3) is 0.492. The van der Waals surface area contributed by atoms with Crippen LogP contribution in [0.25, 0.3) is 0 Å². The molecule has 2 heterocycles. The molecule has 1 fully saturated rings. The normalized spacial score (nSPS) is 19.8. The van der Waals surface area contributed by atoms with E-state index in [1.54, 1.807) is 49.9 Å². The molecule has 77 heavy (non-hydrogen) atoms. The Labute approximate surface area is 455 Å². The van der Waals surface area contributed by atoms with Crippen LogP contribution in [-0.4, -0.2) is 126 Å². The molecule has 4 aromatic rings. The molecule has 0 unspecified atom stereocenters.